The molecule has 2 saturated heterocycles. The third-order valence-corrected chi connectivity index (χ3v) is 5.51. The zero-order valence-corrected chi connectivity index (χ0v) is 14.1. The van der Waals surface area contributed by atoms with E-state index in [9.17, 15) is 19.5 Å². The Morgan fingerprint density at radius 1 is 1.17 bits per heavy atom. The molecular weight excluding hydrogens is 328 g/mol. The lowest BCUT2D eigenvalue weighted by Crippen LogP contribution is -2.48. The van der Waals surface area contributed by atoms with Gasteiger partial charge in [0.1, 0.15) is 6.04 Å². The monoisotopic (exact) mass is 348 g/mol. The van der Waals surface area contributed by atoms with E-state index in [1.54, 1.807) is 34.9 Å². The Hall–Kier alpha value is -2.02. The van der Waals surface area contributed by atoms with Crippen LogP contribution in [0.3, 0.4) is 0 Å². The van der Waals surface area contributed by atoms with Crippen LogP contribution in [0.5, 0.6) is 0 Å². The predicted octanol–water partition coefficient (Wildman–Crippen LogP) is 1.45. The van der Waals surface area contributed by atoms with E-state index in [1.807, 2.05) is 4.90 Å². The van der Waals surface area contributed by atoms with Crippen molar-refractivity contribution in [1.29, 1.82) is 0 Å². The summed E-state index contributed by atoms with van der Waals surface area (Å²) in [6.07, 6.45) is 2.05. The molecule has 0 bridgehead atoms. The van der Waals surface area contributed by atoms with Crippen molar-refractivity contribution in [1.82, 2.24) is 9.80 Å². The second kappa shape index (κ2) is 7.25. The smallest absolute Gasteiger partial charge is 0.335 e. The lowest BCUT2D eigenvalue weighted by Gasteiger charge is -2.27. The molecule has 0 aliphatic carbocycles. The lowest BCUT2D eigenvalue weighted by molar-refractivity contribution is -0.142. The third-order valence-electron chi connectivity index (χ3n) is 4.49. The Morgan fingerprint density at radius 2 is 1.88 bits per heavy atom. The van der Waals surface area contributed by atoms with Gasteiger partial charge in [0, 0.05) is 18.8 Å². The van der Waals surface area contributed by atoms with Gasteiger partial charge in [-0.1, -0.05) is 18.2 Å². The Labute approximate surface area is 144 Å². The van der Waals surface area contributed by atoms with Gasteiger partial charge in [-0.05, 0) is 24.5 Å². The van der Waals surface area contributed by atoms with Gasteiger partial charge in [-0.2, -0.15) is 0 Å². The summed E-state index contributed by atoms with van der Waals surface area (Å²) in [4.78, 5) is 40.0. The van der Waals surface area contributed by atoms with Crippen molar-refractivity contribution in [2.45, 2.75) is 25.3 Å². The van der Waals surface area contributed by atoms with Crippen molar-refractivity contribution in [3.05, 3.63) is 35.4 Å². The number of rotatable bonds is 4. The van der Waals surface area contributed by atoms with E-state index in [0.717, 1.165) is 25.9 Å². The fourth-order valence-electron chi connectivity index (χ4n) is 3.19. The highest BCUT2D eigenvalue weighted by molar-refractivity contribution is 7.99. The SMILES string of the molecule is O=C(O)c1ccccc1CC(=O)N1CSCC1C(=O)N1CCCC1. The summed E-state index contributed by atoms with van der Waals surface area (Å²) in [5, 5.41) is 9.24. The van der Waals surface area contributed by atoms with Crippen molar-refractivity contribution in [3.63, 3.8) is 0 Å². The number of carboxylic acids is 1. The second-order valence-electron chi connectivity index (χ2n) is 6.05. The number of carbonyl (C=O) groups is 3. The number of benzene rings is 1. The molecule has 128 valence electrons. The van der Waals surface area contributed by atoms with Crippen molar-refractivity contribution in [2.24, 2.45) is 0 Å². The highest BCUT2D eigenvalue weighted by Crippen LogP contribution is 2.25. The van der Waals surface area contributed by atoms with Crippen LogP contribution in [0.4, 0.5) is 0 Å². The summed E-state index contributed by atoms with van der Waals surface area (Å²) >= 11 is 1.57. The zero-order valence-electron chi connectivity index (χ0n) is 13.3. The number of hydrogen-bond acceptors (Lipinski definition) is 4. The first-order chi connectivity index (χ1) is 11.6. The highest BCUT2D eigenvalue weighted by Gasteiger charge is 2.37. The van der Waals surface area contributed by atoms with Crippen LogP contribution in [0.25, 0.3) is 0 Å². The maximum absolute atomic E-state index is 12.7. The Bertz CT molecular complexity index is 658. The van der Waals surface area contributed by atoms with Gasteiger partial charge in [-0.3, -0.25) is 9.59 Å². The Kier molecular flexibility index (Phi) is 5.08. The van der Waals surface area contributed by atoms with Gasteiger partial charge in [-0.25, -0.2) is 4.79 Å². The van der Waals surface area contributed by atoms with E-state index in [1.165, 1.54) is 6.07 Å². The van der Waals surface area contributed by atoms with Gasteiger partial charge >= 0.3 is 5.97 Å². The van der Waals surface area contributed by atoms with Gasteiger partial charge < -0.3 is 14.9 Å². The molecule has 3 rings (SSSR count). The molecule has 2 amide bonds. The molecule has 1 atom stereocenters. The van der Waals surface area contributed by atoms with E-state index in [4.69, 9.17) is 0 Å². The molecule has 24 heavy (non-hydrogen) atoms. The first kappa shape index (κ1) is 16.8. The summed E-state index contributed by atoms with van der Waals surface area (Å²) in [5.74, 6) is -0.109. The van der Waals surface area contributed by atoms with E-state index in [-0.39, 0.29) is 23.8 Å². The quantitative estimate of drug-likeness (QED) is 0.891. The fourth-order valence-corrected chi connectivity index (χ4v) is 4.36. The number of carboxylic acid groups (broad SMARTS) is 1. The second-order valence-corrected chi connectivity index (χ2v) is 7.05. The van der Waals surface area contributed by atoms with Gasteiger partial charge in [-0.15, -0.1) is 11.8 Å². The van der Waals surface area contributed by atoms with E-state index < -0.39 is 12.0 Å². The molecule has 6 nitrogen and oxygen atoms in total. The molecule has 0 saturated carbocycles. The van der Waals surface area contributed by atoms with E-state index >= 15 is 0 Å². The van der Waals surface area contributed by atoms with Crippen molar-refractivity contribution < 1.29 is 19.5 Å². The lowest BCUT2D eigenvalue weighted by atomic mass is 10.0. The average Bonchev–Trinajstić information content (AvgIpc) is 3.26. The molecule has 2 aliphatic rings. The standard InChI is InChI=1S/C17H20N2O4S/c20-15(9-12-5-1-2-6-13(12)17(22)23)19-11-24-10-14(19)16(21)18-7-3-4-8-18/h1-2,5-6,14H,3-4,7-11H2,(H,22,23). The summed E-state index contributed by atoms with van der Waals surface area (Å²) in [5.41, 5.74) is 0.624. The van der Waals surface area contributed by atoms with Crippen LogP contribution in [0.15, 0.2) is 24.3 Å². The minimum absolute atomic E-state index is 0.00676. The summed E-state index contributed by atoms with van der Waals surface area (Å²) in [7, 11) is 0. The average molecular weight is 348 g/mol. The number of nitrogens with zero attached hydrogens (tertiary/aromatic N) is 2. The van der Waals surface area contributed by atoms with Gasteiger partial charge in [0.2, 0.25) is 11.8 Å². The largest absolute Gasteiger partial charge is 0.478 e. The van der Waals surface area contributed by atoms with Gasteiger partial charge in [0.05, 0.1) is 17.9 Å². The first-order valence-electron chi connectivity index (χ1n) is 8.05. The van der Waals surface area contributed by atoms with Crippen LogP contribution in [0.1, 0.15) is 28.8 Å². The molecule has 0 radical (unpaired) electrons. The molecule has 0 spiro atoms. The number of carbonyl (C=O) groups excluding carboxylic acids is 2. The number of thioether (sulfide) groups is 1. The molecule has 7 heteroatoms. The molecule has 2 fully saturated rings. The van der Waals surface area contributed by atoms with Gasteiger partial charge in [0.25, 0.3) is 0 Å². The normalized spacial score (nSPS) is 20.4. The van der Waals surface area contributed by atoms with Crippen LogP contribution in [-0.4, -0.2) is 63.5 Å². The molecule has 1 aromatic carbocycles. The zero-order chi connectivity index (χ0) is 17.1. The molecular formula is C17H20N2O4S. The summed E-state index contributed by atoms with van der Waals surface area (Å²) in [6, 6.07) is 6.10. The minimum Gasteiger partial charge on any atom is -0.478 e. The van der Waals surface area contributed by atoms with Crippen molar-refractivity contribution >= 4 is 29.5 Å². The number of likely N-dealkylation sites (tertiary alicyclic amines) is 1. The minimum atomic E-state index is -1.04. The summed E-state index contributed by atoms with van der Waals surface area (Å²) in [6.45, 7) is 1.54. The topological polar surface area (TPSA) is 77.9 Å². The molecule has 1 N–H and O–H groups in total. The van der Waals surface area contributed by atoms with Crippen LogP contribution < -0.4 is 0 Å². The molecule has 2 heterocycles. The number of hydrogen-bond donors (Lipinski definition) is 1. The predicted molar refractivity (Wildman–Crippen MR) is 90.9 cm³/mol. The van der Waals surface area contributed by atoms with Crippen LogP contribution >= 0.6 is 11.8 Å². The fraction of sp³-hybridized carbons (Fsp3) is 0.471. The molecule has 1 unspecified atom stereocenters. The number of aromatic carboxylic acids is 1. The molecule has 0 aromatic heterocycles. The Morgan fingerprint density at radius 3 is 2.58 bits per heavy atom. The van der Waals surface area contributed by atoms with Crippen LogP contribution in [-0.2, 0) is 16.0 Å². The van der Waals surface area contributed by atoms with Gasteiger partial charge in [0.15, 0.2) is 0 Å². The van der Waals surface area contributed by atoms with E-state index in [2.05, 4.69) is 0 Å². The maximum Gasteiger partial charge on any atom is 0.335 e. The van der Waals surface area contributed by atoms with Crippen LogP contribution in [0, 0.1) is 0 Å². The highest BCUT2D eigenvalue weighted by atomic mass is 32.2. The summed E-state index contributed by atoms with van der Waals surface area (Å²) < 4.78 is 0. The van der Waals surface area contributed by atoms with Crippen LogP contribution in [0.2, 0.25) is 0 Å². The first-order valence-corrected chi connectivity index (χ1v) is 9.20. The van der Waals surface area contributed by atoms with Crippen molar-refractivity contribution in [2.75, 3.05) is 24.7 Å². The third kappa shape index (κ3) is 3.40. The molecule has 1 aromatic rings. The Balaban J connectivity index is 1.72. The maximum atomic E-state index is 12.7. The van der Waals surface area contributed by atoms with Crippen molar-refractivity contribution in [3.8, 4) is 0 Å². The molecule has 2 aliphatic heterocycles. The van der Waals surface area contributed by atoms with E-state index in [0.29, 0.717) is 17.2 Å². The number of amides is 2.